The summed E-state index contributed by atoms with van der Waals surface area (Å²) in [6, 6.07) is 0. The second-order valence-electron chi connectivity index (χ2n) is 4.40. The number of hydrogen-bond donors (Lipinski definition) is 1. The van der Waals surface area contributed by atoms with Gasteiger partial charge in [0.25, 0.3) is 0 Å². The van der Waals surface area contributed by atoms with Gasteiger partial charge >= 0.3 is 5.97 Å². The Morgan fingerprint density at radius 2 is 1.88 bits per heavy atom. The number of aliphatic hydroxyl groups is 1. The summed E-state index contributed by atoms with van der Waals surface area (Å²) in [7, 11) is 1.42. The van der Waals surface area contributed by atoms with Crippen LogP contribution >= 0.6 is 0 Å². The maximum Gasteiger partial charge on any atom is 0.305 e. The minimum Gasteiger partial charge on any atom is -0.469 e. The van der Waals surface area contributed by atoms with Gasteiger partial charge < -0.3 is 9.84 Å². The number of methoxy groups -OCH3 is 1. The molecule has 0 radical (unpaired) electrons. The molecule has 0 aromatic carbocycles. The fourth-order valence-corrected chi connectivity index (χ4v) is 1.74. The summed E-state index contributed by atoms with van der Waals surface area (Å²) in [5, 5.41) is 9.58. The van der Waals surface area contributed by atoms with Gasteiger partial charge in [-0.2, -0.15) is 0 Å². The van der Waals surface area contributed by atoms with Crippen molar-refractivity contribution in [2.75, 3.05) is 7.11 Å². The molecule has 0 bridgehead atoms. The van der Waals surface area contributed by atoms with E-state index < -0.39 is 0 Å². The highest BCUT2D eigenvalue weighted by Gasteiger charge is 2.02. The van der Waals surface area contributed by atoms with E-state index in [1.165, 1.54) is 7.11 Å². The van der Waals surface area contributed by atoms with Crippen molar-refractivity contribution >= 4 is 5.97 Å². The molecule has 0 fully saturated rings. The lowest BCUT2D eigenvalue weighted by molar-refractivity contribution is -0.140. The van der Waals surface area contributed by atoms with Crippen LogP contribution in [0.15, 0.2) is 12.7 Å². The highest BCUT2D eigenvalue weighted by Crippen LogP contribution is 2.11. The third-order valence-electron chi connectivity index (χ3n) is 2.85. The molecule has 0 rings (SSSR count). The van der Waals surface area contributed by atoms with Gasteiger partial charge in [-0.15, -0.1) is 6.58 Å². The predicted molar refractivity (Wildman–Crippen MR) is 69.8 cm³/mol. The van der Waals surface area contributed by atoms with Crippen LogP contribution in [0.25, 0.3) is 0 Å². The first-order valence-electron chi connectivity index (χ1n) is 6.56. The molecule has 3 heteroatoms. The number of allylic oxidation sites excluding steroid dienone is 1. The van der Waals surface area contributed by atoms with Gasteiger partial charge in [0.1, 0.15) is 0 Å². The minimum atomic E-state index is -0.178. The Bertz CT molecular complexity index is 202. The third-order valence-corrected chi connectivity index (χ3v) is 2.85. The first-order chi connectivity index (χ1) is 8.20. The average molecular weight is 242 g/mol. The molecule has 0 aromatic heterocycles. The third kappa shape index (κ3) is 11.4. The quantitative estimate of drug-likeness (QED) is 0.344. The van der Waals surface area contributed by atoms with Crippen molar-refractivity contribution in [1.29, 1.82) is 0 Å². The van der Waals surface area contributed by atoms with Crippen LogP contribution in [0.3, 0.4) is 0 Å². The molecule has 17 heavy (non-hydrogen) atoms. The highest BCUT2D eigenvalue weighted by molar-refractivity contribution is 5.68. The zero-order valence-electron chi connectivity index (χ0n) is 11.0. The van der Waals surface area contributed by atoms with Gasteiger partial charge in [-0.05, 0) is 25.7 Å². The molecular weight excluding hydrogens is 216 g/mol. The van der Waals surface area contributed by atoms with Gasteiger partial charge in [-0.1, -0.05) is 31.8 Å². The summed E-state index contributed by atoms with van der Waals surface area (Å²) >= 11 is 0. The number of hydrogen-bond acceptors (Lipinski definition) is 3. The van der Waals surface area contributed by atoms with E-state index in [-0.39, 0.29) is 12.1 Å². The highest BCUT2D eigenvalue weighted by atomic mass is 16.5. The van der Waals surface area contributed by atoms with E-state index in [1.54, 1.807) is 0 Å². The maximum absolute atomic E-state index is 10.8. The Labute approximate surface area is 105 Å². The first kappa shape index (κ1) is 16.2. The van der Waals surface area contributed by atoms with Crippen molar-refractivity contribution < 1.29 is 14.6 Å². The number of aliphatic hydroxyl groups excluding tert-OH is 1. The molecule has 0 saturated carbocycles. The fraction of sp³-hybridized carbons (Fsp3) is 0.786. The molecule has 0 heterocycles. The van der Waals surface area contributed by atoms with Crippen molar-refractivity contribution in [3.63, 3.8) is 0 Å². The van der Waals surface area contributed by atoms with E-state index in [9.17, 15) is 9.90 Å². The predicted octanol–water partition coefficient (Wildman–Crippen LogP) is 3.22. The van der Waals surface area contributed by atoms with Gasteiger partial charge in [0.2, 0.25) is 0 Å². The monoisotopic (exact) mass is 242 g/mol. The number of carbonyl (C=O) groups is 1. The normalized spacial score (nSPS) is 12.1. The Morgan fingerprint density at radius 1 is 1.24 bits per heavy atom. The maximum atomic E-state index is 10.8. The molecule has 3 nitrogen and oxygen atoms in total. The van der Waals surface area contributed by atoms with E-state index >= 15 is 0 Å². The topological polar surface area (TPSA) is 46.5 Å². The zero-order chi connectivity index (χ0) is 12.9. The molecule has 0 aromatic rings. The average Bonchev–Trinajstić information content (AvgIpc) is 2.34. The van der Waals surface area contributed by atoms with Crippen LogP contribution in [0.1, 0.15) is 57.8 Å². The molecule has 1 unspecified atom stereocenters. The summed E-state index contributed by atoms with van der Waals surface area (Å²) < 4.78 is 4.57. The minimum absolute atomic E-state index is 0.121. The van der Waals surface area contributed by atoms with Crippen molar-refractivity contribution in [2.24, 2.45) is 0 Å². The second-order valence-corrected chi connectivity index (χ2v) is 4.40. The number of carbonyl (C=O) groups excluding carboxylic acids is 1. The molecule has 0 aliphatic heterocycles. The standard InChI is InChI=1S/C14H26O3/c1-3-4-10-13(15)11-8-6-5-7-9-12-14(16)17-2/h3,13,15H,1,4-12H2,2H3. The fourth-order valence-electron chi connectivity index (χ4n) is 1.74. The molecule has 1 atom stereocenters. The SMILES string of the molecule is C=CCCC(O)CCCCCCCC(=O)OC. The van der Waals surface area contributed by atoms with Gasteiger partial charge in [0.05, 0.1) is 13.2 Å². The van der Waals surface area contributed by atoms with Crippen molar-refractivity contribution in [3.05, 3.63) is 12.7 Å². The molecule has 0 saturated heterocycles. The zero-order valence-corrected chi connectivity index (χ0v) is 11.0. The number of esters is 1. The van der Waals surface area contributed by atoms with E-state index in [0.717, 1.165) is 51.4 Å². The first-order valence-corrected chi connectivity index (χ1v) is 6.56. The molecule has 0 amide bonds. The van der Waals surface area contributed by atoms with Gasteiger partial charge in [-0.25, -0.2) is 0 Å². The van der Waals surface area contributed by atoms with Crippen molar-refractivity contribution in [1.82, 2.24) is 0 Å². The van der Waals surface area contributed by atoms with Crippen LogP contribution in [0, 0.1) is 0 Å². The Morgan fingerprint density at radius 3 is 2.53 bits per heavy atom. The summed E-state index contributed by atoms with van der Waals surface area (Å²) in [6.45, 7) is 3.64. The molecule has 0 spiro atoms. The summed E-state index contributed by atoms with van der Waals surface area (Å²) in [4.78, 5) is 10.8. The van der Waals surface area contributed by atoms with Gasteiger partial charge in [0.15, 0.2) is 0 Å². The summed E-state index contributed by atoms with van der Waals surface area (Å²) in [6.07, 6.45) is 10.1. The molecule has 0 aliphatic rings. The van der Waals surface area contributed by atoms with E-state index in [0.29, 0.717) is 6.42 Å². The van der Waals surface area contributed by atoms with E-state index in [1.807, 2.05) is 6.08 Å². The number of rotatable bonds is 11. The lowest BCUT2D eigenvalue weighted by atomic mass is 10.0. The van der Waals surface area contributed by atoms with Crippen LogP contribution in [-0.2, 0) is 9.53 Å². The van der Waals surface area contributed by atoms with Gasteiger partial charge in [0, 0.05) is 6.42 Å². The van der Waals surface area contributed by atoms with Crippen molar-refractivity contribution in [2.45, 2.75) is 63.9 Å². The smallest absolute Gasteiger partial charge is 0.305 e. The lowest BCUT2D eigenvalue weighted by Crippen LogP contribution is -2.05. The van der Waals surface area contributed by atoms with Gasteiger partial charge in [-0.3, -0.25) is 4.79 Å². The van der Waals surface area contributed by atoms with Crippen LogP contribution in [0.5, 0.6) is 0 Å². The van der Waals surface area contributed by atoms with E-state index in [4.69, 9.17) is 0 Å². The lowest BCUT2D eigenvalue weighted by Gasteiger charge is -2.08. The summed E-state index contributed by atoms with van der Waals surface area (Å²) in [5.41, 5.74) is 0. The molecule has 1 N–H and O–H groups in total. The molecule has 0 aliphatic carbocycles. The van der Waals surface area contributed by atoms with Crippen LogP contribution in [-0.4, -0.2) is 24.3 Å². The molecular formula is C14H26O3. The summed E-state index contributed by atoms with van der Waals surface area (Å²) in [5.74, 6) is -0.121. The Kier molecular flexibility index (Phi) is 11.1. The number of ether oxygens (including phenoxy) is 1. The van der Waals surface area contributed by atoms with Crippen LogP contribution in [0.4, 0.5) is 0 Å². The van der Waals surface area contributed by atoms with Crippen LogP contribution < -0.4 is 0 Å². The molecule has 100 valence electrons. The second kappa shape index (κ2) is 11.6. The Hall–Kier alpha value is -0.830. The van der Waals surface area contributed by atoms with Crippen LogP contribution in [0.2, 0.25) is 0 Å². The Balaban J connectivity index is 3.17. The largest absolute Gasteiger partial charge is 0.469 e. The number of unbranched alkanes of at least 4 members (excludes halogenated alkanes) is 4. The van der Waals surface area contributed by atoms with Crippen molar-refractivity contribution in [3.8, 4) is 0 Å². The van der Waals surface area contributed by atoms with E-state index in [2.05, 4.69) is 11.3 Å².